The third-order valence-electron chi connectivity index (χ3n) is 4.86. The van der Waals surface area contributed by atoms with Gasteiger partial charge in [-0.25, -0.2) is 14.0 Å². The van der Waals surface area contributed by atoms with Gasteiger partial charge in [0.15, 0.2) is 5.82 Å². The molecule has 3 rings (SSSR count). The number of rotatable bonds is 4. The molecule has 0 fully saturated rings. The Bertz CT molecular complexity index is 1260. The number of hydrogen-bond acceptors (Lipinski definition) is 4. The number of carboxylic acids is 1. The van der Waals surface area contributed by atoms with Gasteiger partial charge in [0.1, 0.15) is 11.5 Å². The lowest BCUT2D eigenvalue weighted by Gasteiger charge is -2.23. The van der Waals surface area contributed by atoms with Crippen molar-refractivity contribution in [2.45, 2.75) is 26.2 Å². The Morgan fingerprint density at radius 1 is 0.970 bits per heavy atom. The van der Waals surface area contributed by atoms with Gasteiger partial charge in [0.05, 0.1) is 23.8 Å². The lowest BCUT2D eigenvalue weighted by atomic mass is 9.86. The second-order valence-electron chi connectivity index (χ2n) is 8.30. The quantitative estimate of drug-likeness (QED) is 0.405. The van der Waals surface area contributed by atoms with Gasteiger partial charge in [0.2, 0.25) is 0 Å². The van der Waals surface area contributed by atoms with Crippen LogP contribution in [0.3, 0.4) is 0 Å². The van der Waals surface area contributed by atoms with Gasteiger partial charge in [-0.3, -0.25) is 0 Å². The molecule has 3 aromatic carbocycles. The van der Waals surface area contributed by atoms with Crippen LogP contribution >= 0.6 is 0 Å². The summed E-state index contributed by atoms with van der Waals surface area (Å²) in [6, 6.07) is 16.1. The largest absolute Gasteiger partial charge is 0.478 e. The van der Waals surface area contributed by atoms with Gasteiger partial charge in [-0.2, -0.15) is 0 Å². The average molecular weight is 446 g/mol. The van der Waals surface area contributed by atoms with Gasteiger partial charge in [-0.05, 0) is 53.9 Å². The fraction of sp³-hybridized carbons (Fsp3) is 0.185. The predicted molar refractivity (Wildman–Crippen MR) is 122 cm³/mol. The first-order valence-corrected chi connectivity index (χ1v) is 10.1. The van der Waals surface area contributed by atoms with Crippen molar-refractivity contribution in [3.8, 4) is 23.3 Å². The number of ether oxygens (including phenoxy) is 2. The molecule has 0 spiro atoms. The summed E-state index contributed by atoms with van der Waals surface area (Å²) in [5.74, 6) is 4.03. The van der Waals surface area contributed by atoms with E-state index >= 15 is 0 Å². The molecule has 6 heteroatoms. The zero-order valence-electron chi connectivity index (χ0n) is 18.7. The van der Waals surface area contributed by atoms with Crippen molar-refractivity contribution in [1.29, 1.82) is 0 Å². The molecular weight excluding hydrogens is 423 g/mol. The monoisotopic (exact) mass is 446 g/mol. The molecule has 0 bridgehead atoms. The maximum Gasteiger partial charge on any atom is 0.338 e. The molecule has 168 valence electrons. The molecule has 0 amide bonds. The van der Waals surface area contributed by atoms with E-state index in [0.717, 1.165) is 5.56 Å². The van der Waals surface area contributed by atoms with E-state index in [1.54, 1.807) is 36.4 Å². The molecule has 33 heavy (non-hydrogen) atoms. The molecule has 0 saturated carbocycles. The Labute approximate surface area is 191 Å². The molecule has 0 saturated heterocycles. The number of benzene rings is 3. The number of halogens is 1. The van der Waals surface area contributed by atoms with Crippen molar-refractivity contribution >= 4 is 11.9 Å². The summed E-state index contributed by atoms with van der Waals surface area (Å²) in [6.07, 6.45) is 0. The van der Waals surface area contributed by atoms with Gasteiger partial charge >= 0.3 is 11.9 Å². The molecule has 3 aromatic rings. The highest BCUT2D eigenvalue weighted by atomic mass is 19.1. The van der Waals surface area contributed by atoms with Crippen molar-refractivity contribution in [3.05, 3.63) is 94.3 Å². The molecule has 0 atom stereocenters. The van der Waals surface area contributed by atoms with E-state index in [4.69, 9.17) is 14.6 Å². The number of carbonyl (C=O) groups excluding carboxylic acids is 1. The molecule has 0 aliphatic rings. The first kappa shape index (κ1) is 23.6. The van der Waals surface area contributed by atoms with Crippen LogP contribution in [0.2, 0.25) is 0 Å². The third-order valence-corrected chi connectivity index (χ3v) is 4.86. The van der Waals surface area contributed by atoms with Crippen LogP contribution in [0.1, 0.15) is 58.2 Å². The zero-order valence-corrected chi connectivity index (χ0v) is 18.7. The van der Waals surface area contributed by atoms with E-state index in [1.807, 2.05) is 26.8 Å². The number of hydrogen-bond donors (Lipinski definition) is 1. The van der Waals surface area contributed by atoms with Gasteiger partial charge in [0, 0.05) is 11.1 Å². The fourth-order valence-electron chi connectivity index (χ4n) is 3.14. The van der Waals surface area contributed by atoms with E-state index in [9.17, 15) is 14.0 Å². The minimum Gasteiger partial charge on any atom is -0.478 e. The van der Waals surface area contributed by atoms with Crippen LogP contribution in [0.5, 0.6) is 11.5 Å². The zero-order chi connectivity index (χ0) is 24.2. The Kier molecular flexibility index (Phi) is 6.83. The van der Waals surface area contributed by atoms with E-state index in [2.05, 4.69) is 11.8 Å². The Morgan fingerprint density at radius 2 is 1.67 bits per heavy atom. The fourth-order valence-corrected chi connectivity index (χ4v) is 3.14. The maximum atomic E-state index is 14.4. The Morgan fingerprint density at radius 3 is 2.27 bits per heavy atom. The molecular formula is C27H23FO5. The van der Waals surface area contributed by atoms with E-state index < -0.39 is 23.3 Å². The SMILES string of the molecule is COC(=O)c1ccc(Oc2cc(C#Cc3cccc(C(=O)O)c3F)ccc2C(C)(C)C)cc1. The van der Waals surface area contributed by atoms with Gasteiger partial charge in [0.25, 0.3) is 0 Å². The molecule has 0 aromatic heterocycles. The minimum absolute atomic E-state index is 0.00401. The van der Waals surface area contributed by atoms with E-state index in [0.29, 0.717) is 22.6 Å². The molecule has 1 N–H and O–H groups in total. The van der Waals surface area contributed by atoms with Crippen LogP contribution in [0.4, 0.5) is 4.39 Å². The molecule has 0 radical (unpaired) electrons. The highest BCUT2D eigenvalue weighted by molar-refractivity contribution is 5.89. The van der Waals surface area contributed by atoms with Gasteiger partial charge < -0.3 is 14.6 Å². The number of aromatic carboxylic acids is 1. The van der Waals surface area contributed by atoms with Crippen molar-refractivity contribution in [1.82, 2.24) is 0 Å². The minimum atomic E-state index is -1.35. The topological polar surface area (TPSA) is 72.8 Å². The molecule has 0 aliphatic carbocycles. The smallest absolute Gasteiger partial charge is 0.338 e. The number of carbonyl (C=O) groups is 2. The summed E-state index contributed by atoms with van der Waals surface area (Å²) in [7, 11) is 1.32. The highest BCUT2D eigenvalue weighted by Gasteiger charge is 2.20. The van der Waals surface area contributed by atoms with E-state index in [-0.39, 0.29) is 11.0 Å². The number of esters is 1. The standard InChI is InChI=1S/C27H23FO5/c1-27(2,3)22-15-9-17(8-10-18-6-5-7-21(24(18)28)25(29)30)16-23(22)33-20-13-11-19(12-14-20)26(31)32-4/h5-7,9,11-16H,1-4H3,(H,29,30). The first-order chi connectivity index (χ1) is 15.6. The van der Waals surface area contributed by atoms with Crippen LogP contribution in [0.15, 0.2) is 60.7 Å². The molecule has 5 nitrogen and oxygen atoms in total. The van der Waals surface area contributed by atoms with Crippen LogP contribution in [-0.2, 0) is 10.2 Å². The normalized spacial score (nSPS) is 10.7. The second-order valence-corrected chi connectivity index (χ2v) is 8.30. The van der Waals surface area contributed by atoms with Crippen LogP contribution < -0.4 is 4.74 Å². The number of carboxylic acid groups (broad SMARTS) is 1. The summed E-state index contributed by atoms with van der Waals surface area (Å²) in [6.45, 7) is 6.15. The molecule has 0 heterocycles. The van der Waals surface area contributed by atoms with Crippen LogP contribution in [0.25, 0.3) is 0 Å². The summed E-state index contributed by atoms with van der Waals surface area (Å²) >= 11 is 0. The third kappa shape index (κ3) is 5.58. The lowest BCUT2D eigenvalue weighted by Crippen LogP contribution is -2.12. The summed E-state index contributed by atoms with van der Waals surface area (Å²) < 4.78 is 25.2. The van der Waals surface area contributed by atoms with Gasteiger partial charge in [-0.15, -0.1) is 0 Å². The highest BCUT2D eigenvalue weighted by Crippen LogP contribution is 2.35. The summed E-state index contributed by atoms with van der Waals surface area (Å²) in [4.78, 5) is 22.8. The molecule has 0 aliphatic heterocycles. The molecule has 0 unspecified atom stereocenters. The van der Waals surface area contributed by atoms with Crippen molar-refractivity contribution < 1.29 is 28.6 Å². The Hall–Kier alpha value is -4.11. The summed E-state index contributed by atoms with van der Waals surface area (Å²) in [5, 5.41) is 9.09. The first-order valence-electron chi connectivity index (χ1n) is 10.1. The second kappa shape index (κ2) is 9.58. The number of methoxy groups -OCH3 is 1. The van der Waals surface area contributed by atoms with Crippen molar-refractivity contribution in [2.75, 3.05) is 7.11 Å². The van der Waals surface area contributed by atoms with Crippen LogP contribution in [0, 0.1) is 17.7 Å². The summed E-state index contributed by atoms with van der Waals surface area (Å²) in [5.41, 5.74) is 1.26. The Balaban J connectivity index is 1.97. The van der Waals surface area contributed by atoms with Crippen molar-refractivity contribution in [2.24, 2.45) is 0 Å². The van der Waals surface area contributed by atoms with E-state index in [1.165, 1.54) is 25.3 Å². The predicted octanol–water partition coefficient (Wildman–Crippen LogP) is 5.80. The van der Waals surface area contributed by atoms with Gasteiger partial charge in [-0.1, -0.05) is 44.7 Å². The van der Waals surface area contributed by atoms with Crippen LogP contribution in [-0.4, -0.2) is 24.2 Å². The van der Waals surface area contributed by atoms with Crippen molar-refractivity contribution in [3.63, 3.8) is 0 Å². The average Bonchev–Trinajstić information content (AvgIpc) is 2.77. The maximum absolute atomic E-state index is 14.4. The lowest BCUT2D eigenvalue weighted by molar-refractivity contribution is 0.0599.